The van der Waals surface area contributed by atoms with Crippen molar-refractivity contribution in [2.24, 2.45) is 5.10 Å². The number of amides is 2. The second-order valence-corrected chi connectivity index (χ2v) is 6.38. The van der Waals surface area contributed by atoms with Gasteiger partial charge in [0.2, 0.25) is 0 Å². The number of hydrogen-bond donors (Lipinski definition) is 2. The number of carbonyl (C=O) groups excluding carboxylic acids is 2. The van der Waals surface area contributed by atoms with Gasteiger partial charge in [0.05, 0.1) is 16.3 Å². The van der Waals surface area contributed by atoms with Crippen LogP contribution in [0.25, 0.3) is 0 Å². The highest BCUT2D eigenvalue weighted by Gasteiger charge is 2.15. The Morgan fingerprint density at radius 2 is 1.69 bits per heavy atom. The monoisotopic (exact) mass is 389 g/mol. The van der Waals surface area contributed by atoms with Gasteiger partial charge in [0.1, 0.15) is 5.70 Å². The van der Waals surface area contributed by atoms with Crippen LogP contribution in [0.5, 0.6) is 0 Å². The molecule has 0 aromatic heterocycles. The van der Waals surface area contributed by atoms with E-state index in [0.717, 1.165) is 0 Å². The number of carbonyl (C=O) groups is 2. The maximum atomic E-state index is 12.3. The topological polar surface area (TPSA) is 70.6 Å². The summed E-state index contributed by atoms with van der Waals surface area (Å²) in [5.41, 5.74) is 4.31. The van der Waals surface area contributed by atoms with Crippen LogP contribution in [0.2, 0.25) is 10.0 Å². The van der Waals surface area contributed by atoms with Crippen LogP contribution in [-0.4, -0.2) is 18.0 Å². The van der Waals surface area contributed by atoms with Crippen molar-refractivity contribution < 1.29 is 9.59 Å². The highest BCUT2D eigenvalue weighted by Crippen LogP contribution is 2.21. The molecule has 0 atom stereocenters. The van der Waals surface area contributed by atoms with Crippen LogP contribution in [0.4, 0.5) is 0 Å². The van der Waals surface area contributed by atoms with Gasteiger partial charge in [-0.3, -0.25) is 9.59 Å². The molecule has 7 heteroatoms. The van der Waals surface area contributed by atoms with Gasteiger partial charge in [0.15, 0.2) is 0 Å². The molecule has 26 heavy (non-hydrogen) atoms. The molecule has 134 valence electrons. The molecule has 0 spiro atoms. The second kappa shape index (κ2) is 9.17. The van der Waals surface area contributed by atoms with Crippen molar-refractivity contribution in [1.29, 1.82) is 0 Å². The lowest BCUT2D eigenvalue weighted by atomic mass is 10.2. The van der Waals surface area contributed by atoms with Crippen molar-refractivity contribution in [2.45, 2.75) is 13.8 Å². The Kier molecular flexibility index (Phi) is 6.95. The molecular weight excluding hydrogens is 373 g/mol. The highest BCUT2D eigenvalue weighted by atomic mass is 35.5. The van der Waals surface area contributed by atoms with Gasteiger partial charge in [-0.2, -0.15) is 5.10 Å². The van der Waals surface area contributed by atoms with Gasteiger partial charge in [-0.25, -0.2) is 5.43 Å². The normalized spacial score (nSPS) is 10.5. The maximum absolute atomic E-state index is 12.3. The van der Waals surface area contributed by atoms with Gasteiger partial charge in [0, 0.05) is 5.56 Å². The van der Waals surface area contributed by atoms with E-state index in [0.29, 0.717) is 26.7 Å². The van der Waals surface area contributed by atoms with E-state index in [1.165, 1.54) is 6.21 Å². The molecule has 5 nitrogen and oxygen atoms in total. The summed E-state index contributed by atoms with van der Waals surface area (Å²) in [4.78, 5) is 24.6. The first-order valence-corrected chi connectivity index (χ1v) is 8.46. The zero-order valence-electron chi connectivity index (χ0n) is 14.2. The van der Waals surface area contributed by atoms with Crippen molar-refractivity contribution in [3.8, 4) is 0 Å². The predicted octanol–water partition coefficient (Wildman–Crippen LogP) is 4.17. The Morgan fingerprint density at radius 1 is 1.00 bits per heavy atom. The minimum Gasteiger partial charge on any atom is -0.317 e. The van der Waals surface area contributed by atoms with Crippen molar-refractivity contribution >= 4 is 41.2 Å². The first kappa shape index (κ1) is 19.7. The predicted molar refractivity (Wildman–Crippen MR) is 104 cm³/mol. The summed E-state index contributed by atoms with van der Waals surface area (Å²) in [6.07, 6.45) is 1.43. The summed E-state index contributed by atoms with van der Waals surface area (Å²) >= 11 is 11.8. The van der Waals surface area contributed by atoms with E-state index in [4.69, 9.17) is 23.2 Å². The van der Waals surface area contributed by atoms with E-state index in [2.05, 4.69) is 15.8 Å². The average Bonchev–Trinajstić information content (AvgIpc) is 2.62. The molecule has 0 fully saturated rings. The number of halogens is 2. The molecule has 0 saturated heterocycles. The third-order valence-electron chi connectivity index (χ3n) is 3.32. The third-order valence-corrected chi connectivity index (χ3v) is 4.06. The van der Waals surface area contributed by atoms with Crippen molar-refractivity contribution in [3.05, 3.63) is 81.0 Å². The zero-order chi connectivity index (χ0) is 19.1. The lowest BCUT2D eigenvalue weighted by Crippen LogP contribution is -2.33. The standard InChI is InChI=1S/C19H17Cl2N3O2/c1-12(2)17(23-18(25)14-6-4-3-5-7-14)19(26)24-22-11-13-8-9-15(20)16(21)10-13/h3-11H,1-2H3,(H,23,25)(H,24,26). The zero-order valence-corrected chi connectivity index (χ0v) is 15.7. The van der Waals surface area contributed by atoms with E-state index < -0.39 is 5.91 Å². The quantitative estimate of drug-likeness (QED) is 0.457. The molecule has 0 aliphatic carbocycles. The molecule has 2 rings (SSSR count). The molecule has 0 unspecified atom stereocenters. The largest absolute Gasteiger partial charge is 0.317 e. The van der Waals surface area contributed by atoms with Crippen LogP contribution in [0.15, 0.2) is 64.9 Å². The fourth-order valence-corrected chi connectivity index (χ4v) is 2.30. The SMILES string of the molecule is CC(C)=C(NC(=O)c1ccccc1)C(=O)NN=Cc1ccc(Cl)c(Cl)c1. The molecule has 0 aliphatic heterocycles. The van der Waals surface area contributed by atoms with Gasteiger partial charge in [-0.1, -0.05) is 47.5 Å². The number of nitrogens with one attached hydrogen (secondary N) is 2. The van der Waals surface area contributed by atoms with E-state index in [1.54, 1.807) is 56.3 Å². The Hall–Kier alpha value is -2.63. The van der Waals surface area contributed by atoms with Gasteiger partial charge >= 0.3 is 0 Å². The number of rotatable bonds is 5. The number of nitrogens with zero attached hydrogens (tertiary/aromatic N) is 1. The molecular formula is C19H17Cl2N3O2. The first-order chi connectivity index (χ1) is 12.4. The van der Waals surface area contributed by atoms with Crippen LogP contribution in [0, 0.1) is 0 Å². The Balaban J connectivity index is 2.05. The third kappa shape index (κ3) is 5.44. The molecule has 0 radical (unpaired) electrons. The van der Waals surface area contributed by atoms with Crippen molar-refractivity contribution in [1.82, 2.24) is 10.7 Å². The smallest absolute Gasteiger partial charge is 0.287 e. The summed E-state index contributed by atoms with van der Waals surface area (Å²) in [6.45, 7) is 3.45. The highest BCUT2D eigenvalue weighted by molar-refractivity contribution is 6.42. The molecule has 2 amide bonds. The summed E-state index contributed by atoms with van der Waals surface area (Å²) < 4.78 is 0. The van der Waals surface area contributed by atoms with Crippen LogP contribution < -0.4 is 10.7 Å². The molecule has 2 aromatic carbocycles. The Bertz CT molecular complexity index is 874. The first-order valence-electron chi connectivity index (χ1n) is 7.71. The second-order valence-electron chi connectivity index (χ2n) is 5.57. The number of allylic oxidation sites excluding steroid dienone is 1. The lowest BCUT2D eigenvalue weighted by Gasteiger charge is -2.10. The fraction of sp³-hybridized carbons (Fsp3) is 0.105. The van der Waals surface area contributed by atoms with Crippen LogP contribution in [0.1, 0.15) is 29.8 Å². The maximum Gasteiger partial charge on any atom is 0.287 e. The Labute approximate surface area is 161 Å². The summed E-state index contributed by atoms with van der Waals surface area (Å²) in [6, 6.07) is 13.6. The van der Waals surface area contributed by atoms with E-state index >= 15 is 0 Å². The number of hydrogen-bond acceptors (Lipinski definition) is 3. The summed E-state index contributed by atoms with van der Waals surface area (Å²) in [5.74, 6) is -0.893. The van der Waals surface area contributed by atoms with Crippen LogP contribution >= 0.6 is 23.2 Å². The van der Waals surface area contributed by atoms with Gasteiger partial charge in [0.25, 0.3) is 11.8 Å². The molecule has 0 bridgehead atoms. The minimum atomic E-state index is -0.523. The molecule has 0 aliphatic rings. The summed E-state index contributed by atoms with van der Waals surface area (Å²) in [5, 5.41) is 7.32. The minimum absolute atomic E-state index is 0.144. The van der Waals surface area contributed by atoms with Gasteiger partial charge < -0.3 is 5.32 Å². The van der Waals surface area contributed by atoms with Gasteiger partial charge in [-0.15, -0.1) is 0 Å². The number of benzene rings is 2. The average molecular weight is 390 g/mol. The molecule has 2 N–H and O–H groups in total. The van der Waals surface area contributed by atoms with Crippen LogP contribution in [-0.2, 0) is 4.79 Å². The van der Waals surface area contributed by atoms with E-state index in [-0.39, 0.29) is 11.6 Å². The molecule has 0 saturated carbocycles. The molecule has 2 aromatic rings. The summed E-state index contributed by atoms with van der Waals surface area (Å²) in [7, 11) is 0. The van der Waals surface area contributed by atoms with E-state index in [9.17, 15) is 9.59 Å². The van der Waals surface area contributed by atoms with Gasteiger partial charge in [-0.05, 0) is 49.2 Å². The van der Waals surface area contributed by atoms with E-state index in [1.807, 2.05) is 6.07 Å². The lowest BCUT2D eigenvalue weighted by molar-refractivity contribution is -0.117. The molecule has 0 heterocycles. The Morgan fingerprint density at radius 3 is 2.31 bits per heavy atom. The number of hydrazone groups is 1. The van der Waals surface area contributed by atoms with Crippen LogP contribution in [0.3, 0.4) is 0 Å². The van der Waals surface area contributed by atoms with Crippen molar-refractivity contribution in [3.63, 3.8) is 0 Å². The van der Waals surface area contributed by atoms with Crippen molar-refractivity contribution in [2.75, 3.05) is 0 Å². The fourth-order valence-electron chi connectivity index (χ4n) is 2.00.